The van der Waals surface area contributed by atoms with Crippen LogP contribution in [0.15, 0.2) is 23.1 Å². The number of nitrogens with zero attached hydrogens (tertiary/aromatic N) is 2. The zero-order valence-corrected chi connectivity index (χ0v) is 9.08. The number of nitrogens with one attached hydrogen (secondary N) is 1. The predicted molar refractivity (Wildman–Crippen MR) is 58.9 cm³/mol. The first kappa shape index (κ1) is 12.0. The summed E-state index contributed by atoms with van der Waals surface area (Å²) < 4.78 is 0. The number of hydrogen-bond donors (Lipinski definition) is 1. The van der Waals surface area contributed by atoms with Crippen molar-refractivity contribution in [2.24, 2.45) is 0 Å². The van der Waals surface area contributed by atoms with Gasteiger partial charge in [-0.05, 0) is 23.9 Å². The Bertz CT molecular complexity index is 481. The highest BCUT2D eigenvalue weighted by atomic mass is 32.2. The molecule has 0 spiro atoms. The van der Waals surface area contributed by atoms with Gasteiger partial charge < -0.3 is 5.32 Å². The van der Waals surface area contributed by atoms with E-state index in [0.29, 0.717) is 4.90 Å². The molecule has 1 aromatic carbocycles. The smallest absolute Gasteiger partial charge is 0.293 e. The molecule has 1 N–H and O–H groups in total. The Morgan fingerprint density at radius 1 is 1.62 bits per heavy atom. The molecule has 7 heteroatoms. The molecule has 0 fully saturated rings. The third kappa shape index (κ3) is 2.96. The number of nitriles is 1. The lowest BCUT2D eigenvalue weighted by Gasteiger charge is -2.03. The predicted octanol–water partition coefficient (Wildman–Crippen LogP) is 2.13. The van der Waals surface area contributed by atoms with Gasteiger partial charge in [0.2, 0.25) is 5.91 Å². The summed E-state index contributed by atoms with van der Waals surface area (Å²) in [6, 6.07) is 4.19. The monoisotopic (exact) mass is 237 g/mol. The summed E-state index contributed by atoms with van der Waals surface area (Å²) in [4.78, 5) is 21.4. The van der Waals surface area contributed by atoms with Crippen LogP contribution in [0.25, 0.3) is 0 Å². The van der Waals surface area contributed by atoms with Crippen molar-refractivity contribution in [2.75, 3.05) is 5.32 Å². The fourth-order valence-electron chi connectivity index (χ4n) is 1.07. The minimum absolute atomic E-state index is 0.125. The Morgan fingerprint density at radius 2 is 2.31 bits per heavy atom. The van der Waals surface area contributed by atoms with E-state index in [1.54, 1.807) is 0 Å². The maximum Gasteiger partial charge on any atom is 0.293 e. The number of thiocyanates is 1. The highest BCUT2D eigenvalue weighted by molar-refractivity contribution is 8.03. The number of anilines is 1. The van der Waals surface area contributed by atoms with Crippen LogP contribution in [0, 0.1) is 20.8 Å². The minimum Gasteiger partial charge on any atom is -0.321 e. The Kier molecular flexibility index (Phi) is 3.85. The quantitative estimate of drug-likeness (QED) is 0.376. The van der Waals surface area contributed by atoms with Crippen LogP contribution in [0.5, 0.6) is 0 Å². The van der Waals surface area contributed by atoms with E-state index < -0.39 is 4.92 Å². The topological polar surface area (TPSA) is 96.0 Å². The molecule has 0 atom stereocenters. The Balaban J connectivity index is 3.15. The molecule has 0 unspecified atom stereocenters. The summed E-state index contributed by atoms with van der Waals surface area (Å²) >= 11 is 0.823. The van der Waals surface area contributed by atoms with Gasteiger partial charge in [0.05, 0.1) is 4.92 Å². The molecule has 1 rings (SSSR count). The van der Waals surface area contributed by atoms with Gasteiger partial charge in [-0.3, -0.25) is 14.9 Å². The van der Waals surface area contributed by atoms with Crippen LogP contribution < -0.4 is 5.32 Å². The van der Waals surface area contributed by atoms with E-state index in [4.69, 9.17) is 5.26 Å². The number of amides is 1. The molecule has 0 aromatic heterocycles. The largest absolute Gasteiger partial charge is 0.321 e. The van der Waals surface area contributed by atoms with Gasteiger partial charge in [0.15, 0.2) is 0 Å². The van der Waals surface area contributed by atoms with E-state index in [-0.39, 0.29) is 17.3 Å². The second kappa shape index (κ2) is 5.14. The van der Waals surface area contributed by atoms with E-state index in [2.05, 4.69) is 5.32 Å². The van der Waals surface area contributed by atoms with E-state index >= 15 is 0 Å². The zero-order chi connectivity index (χ0) is 12.1. The van der Waals surface area contributed by atoms with Crippen molar-refractivity contribution in [1.82, 2.24) is 0 Å². The van der Waals surface area contributed by atoms with Crippen LogP contribution in [0.4, 0.5) is 11.4 Å². The fraction of sp³-hybridized carbons (Fsp3) is 0.111. The molecular weight excluding hydrogens is 230 g/mol. The van der Waals surface area contributed by atoms with E-state index in [9.17, 15) is 14.9 Å². The van der Waals surface area contributed by atoms with Crippen molar-refractivity contribution < 1.29 is 9.72 Å². The molecule has 0 aliphatic heterocycles. The summed E-state index contributed by atoms with van der Waals surface area (Å²) in [5.74, 6) is -0.385. The Labute approximate surface area is 95.4 Å². The van der Waals surface area contributed by atoms with Crippen LogP contribution in [-0.2, 0) is 4.79 Å². The van der Waals surface area contributed by atoms with E-state index in [0.717, 1.165) is 11.8 Å². The first-order valence-corrected chi connectivity index (χ1v) is 4.98. The van der Waals surface area contributed by atoms with Gasteiger partial charge in [0, 0.05) is 17.9 Å². The van der Waals surface area contributed by atoms with Gasteiger partial charge in [-0.1, -0.05) is 0 Å². The van der Waals surface area contributed by atoms with E-state index in [1.165, 1.54) is 25.1 Å². The van der Waals surface area contributed by atoms with Crippen LogP contribution in [0.2, 0.25) is 0 Å². The van der Waals surface area contributed by atoms with Crippen molar-refractivity contribution in [3.8, 4) is 5.40 Å². The molecular formula is C9H7N3O3S. The van der Waals surface area contributed by atoms with Gasteiger partial charge in [-0.15, -0.1) is 0 Å². The summed E-state index contributed by atoms with van der Waals surface area (Å²) in [7, 11) is 0. The number of thioether (sulfide) groups is 1. The van der Waals surface area contributed by atoms with Gasteiger partial charge in [0.25, 0.3) is 5.69 Å². The molecule has 0 saturated carbocycles. The zero-order valence-electron chi connectivity index (χ0n) is 8.26. The normalized spacial score (nSPS) is 9.25. The Morgan fingerprint density at radius 3 is 2.81 bits per heavy atom. The van der Waals surface area contributed by atoms with Crippen molar-refractivity contribution in [3.63, 3.8) is 0 Å². The first-order valence-electron chi connectivity index (χ1n) is 4.16. The van der Waals surface area contributed by atoms with Gasteiger partial charge >= 0.3 is 0 Å². The molecule has 6 nitrogen and oxygen atoms in total. The molecule has 0 heterocycles. The number of carbonyl (C=O) groups excluding carboxylic acids is 1. The molecule has 1 amide bonds. The minimum atomic E-state index is -0.604. The molecule has 0 aliphatic rings. The number of benzene rings is 1. The summed E-state index contributed by atoms with van der Waals surface area (Å²) in [5.41, 5.74) is -0.102. The highest BCUT2D eigenvalue weighted by Gasteiger charge is 2.15. The van der Waals surface area contributed by atoms with Crippen molar-refractivity contribution >= 4 is 29.0 Å². The van der Waals surface area contributed by atoms with Crippen LogP contribution in [0.3, 0.4) is 0 Å². The third-order valence-corrected chi connectivity index (χ3v) is 2.22. The van der Waals surface area contributed by atoms with Gasteiger partial charge in [-0.25, -0.2) is 0 Å². The molecule has 1 aromatic rings. The second-order valence-electron chi connectivity index (χ2n) is 2.81. The maximum atomic E-state index is 10.8. The number of nitro benzene ring substituents is 1. The number of nitro groups is 1. The van der Waals surface area contributed by atoms with Crippen LogP contribution in [-0.4, -0.2) is 10.8 Å². The summed E-state index contributed by atoms with van der Waals surface area (Å²) in [6.07, 6.45) is 0. The lowest BCUT2D eigenvalue weighted by Crippen LogP contribution is -2.07. The van der Waals surface area contributed by atoms with Crippen molar-refractivity contribution in [2.45, 2.75) is 11.8 Å². The number of rotatable bonds is 3. The molecule has 0 radical (unpaired) electrons. The fourth-order valence-corrected chi connectivity index (χ4v) is 1.49. The lowest BCUT2D eigenvalue weighted by molar-refractivity contribution is -0.384. The maximum absolute atomic E-state index is 10.8. The van der Waals surface area contributed by atoms with Gasteiger partial charge in [0.1, 0.15) is 11.1 Å². The molecule has 0 aliphatic carbocycles. The second-order valence-corrected chi connectivity index (χ2v) is 3.67. The van der Waals surface area contributed by atoms with Crippen molar-refractivity contribution in [3.05, 3.63) is 28.3 Å². The number of carbonyl (C=O) groups is 1. The average Bonchev–Trinajstić information content (AvgIpc) is 2.19. The van der Waals surface area contributed by atoms with Crippen LogP contribution >= 0.6 is 11.8 Å². The summed E-state index contributed by atoms with van der Waals surface area (Å²) in [5, 5.41) is 23.3. The average molecular weight is 237 g/mol. The Hall–Kier alpha value is -2.07. The lowest BCUT2D eigenvalue weighted by atomic mass is 10.2. The molecule has 82 valence electrons. The number of hydrogen-bond acceptors (Lipinski definition) is 5. The van der Waals surface area contributed by atoms with Gasteiger partial charge in [-0.2, -0.15) is 5.26 Å². The highest BCUT2D eigenvalue weighted by Crippen LogP contribution is 2.29. The molecule has 0 bridgehead atoms. The molecule has 16 heavy (non-hydrogen) atoms. The third-order valence-electron chi connectivity index (χ3n) is 1.64. The van der Waals surface area contributed by atoms with Crippen LogP contribution in [0.1, 0.15) is 6.92 Å². The standard InChI is InChI=1S/C9H7N3O3S/c1-6(13)11-8-3-2-7(16-5-10)4-9(8)12(14)15/h2-4H,1H3,(H,11,13). The SMILES string of the molecule is CC(=O)Nc1ccc(SC#N)cc1[N+](=O)[O-]. The first-order chi connectivity index (χ1) is 7.54. The summed E-state index contributed by atoms with van der Waals surface area (Å²) in [6.45, 7) is 1.27. The molecule has 0 saturated heterocycles. The van der Waals surface area contributed by atoms with Crippen molar-refractivity contribution in [1.29, 1.82) is 5.26 Å². The van der Waals surface area contributed by atoms with E-state index in [1.807, 2.05) is 5.40 Å².